The molecule has 0 unspecified atom stereocenters. The highest BCUT2D eigenvalue weighted by atomic mass is 35.5. The molecule has 1 heterocycles. The van der Waals surface area contributed by atoms with Crippen LogP contribution in [0.4, 0.5) is 0 Å². The van der Waals surface area contributed by atoms with Gasteiger partial charge in [0.05, 0.1) is 6.54 Å². The summed E-state index contributed by atoms with van der Waals surface area (Å²) in [6.07, 6.45) is 5.68. The first-order valence-electron chi connectivity index (χ1n) is 6.04. The van der Waals surface area contributed by atoms with Gasteiger partial charge in [-0.3, -0.25) is 4.79 Å². The molecule has 1 aliphatic rings. The Hall–Kier alpha value is -0.360. The second kappa shape index (κ2) is 8.74. The van der Waals surface area contributed by atoms with Crippen LogP contribution < -0.4 is 5.73 Å². The van der Waals surface area contributed by atoms with Gasteiger partial charge in [-0.05, 0) is 18.8 Å². The number of hydrogen-bond donors (Lipinski definition) is 1. The Bertz CT molecular complexity index is 375. The fourth-order valence-corrected chi connectivity index (χ4v) is 2.99. The number of rotatable bonds is 4. The molecule has 19 heavy (non-hydrogen) atoms. The van der Waals surface area contributed by atoms with E-state index >= 15 is 0 Å². The van der Waals surface area contributed by atoms with Crippen molar-refractivity contribution >= 4 is 42.1 Å². The van der Waals surface area contributed by atoms with E-state index in [1.807, 2.05) is 12.4 Å². The number of carbonyl (C=O) groups is 1. The lowest BCUT2D eigenvalue weighted by atomic mass is 9.99. The summed E-state index contributed by atoms with van der Waals surface area (Å²) in [6, 6.07) is 0.215. The van der Waals surface area contributed by atoms with Crippen molar-refractivity contribution in [2.24, 2.45) is 11.7 Å². The maximum Gasteiger partial charge on any atom is 0.223 e. The van der Waals surface area contributed by atoms with E-state index in [0.717, 1.165) is 24.3 Å². The number of thiazole rings is 1. The minimum absolute atomic E-state index is 0. The molecule has 1 fully saturated rings. The number of amides is 1. The second-order valence-corrected chi connectivity index (χ2v) is 5.71. The molecule has 0 radical (unpaired) electrons. The molecule has 2 atom stereocenters. The number of hydrogen-bond acceptors (Lipinski definition) is 4. The van der Waals surface area contributed by atoms with Gasteiger partial charge in [0.1, 0.15) is 5.01 Å². The Kier molecular flexibility index (Phi) is 8.57. The van der Waals surface area contributed by atoms with E-state index in [9.17, 15) is 4.79 Å². The van der Waals surface area contributed by atoms with Gasteiger partial charge < -0.3 is 10.6 Å². The van der Waals surface area contributed by atoms with Crippen LogP contribution in [-0.2, 0) is 11.3 Å². The van der Waals surface area contributed by atoms with Crippen molar-refractivity contribution in [3.63, 3.8) is 0 Å². The molecule has 1 saturated carbocycles. The van der Waals surface area contributed by atoms with Gasteiger partial charge >= 0.3 is 0 Å². The number of nitrogens with two attached hydrogens (primary N) is 1. The molecular formula is C12H21Cl2N3OS. The number of aromatic nitrogens is 1. The third kappa shape index (κ3) is 5.26. The molecule has 0 spiro atoms. The fraction of sp³-hybridized carbons (Fsp3) is 0.667. The topological polar surface area (TPSA) is 59.2 Å². The SMILES string of the molecule is CN(Cc1nccs1)C(=O)C[C@@H]1CCC[C@H]1N.Cl.Cl. The van der Waals surface area contributed by atoms with Crippen LogP contribution in [0.25, 0.3) is 0 Å². The molecular weight excluding hydrogens is 305 g/mol. The normalized spacial score (nSPS) is 21.4. The minimum Gasteiger partial charge on any atom is -0.339 e. The third-order valence-electron chi connectivity index (χ3n) is 3.44. The highest BCUT2D eigenvalue weighted by Gasteiger charge is 2.27. The first kappa shape index (κ1) is 18.6. The van der Waals surface area contributed by atoms with E-state index in [4.69, 9.17) is 5.73 Å². The highest BCUT2D eigenvalue weighted by molar-refractivity contribution is 7.09. The molecule has 0 bridgehead atoms. The first-order valence-corrected chi connectivity index (χ1v) is 6.92. The lowest BCUT2D eigenvalue weighted by molar-refractivity contribution is -0.131. The van der Waals surface area contributed by atoms with Crippen molar-refractivity contribution < 1.29 is 4.79 Å². The fourth-order valence-electron chi connectivity index (χ4n) is 2.32. The summed E-state index contributed by atoms with van der Waals surface area (Å²) in [5, 5.41) is 2.91. The van der Waals surface area contributed by atoms with E-state index in [2.05, 4.69) is 4.98 Å². The molecule has 110 valence electrons. The van der Waals surface area contributed by atoms with Crippen LogP contribution in [0, 0.1) is 5.92 Å². The van der Waals surface area contributed by atoms with Crippen LogP contribution in [0.3, 0.4) is 0 Å². The zero-order valence-electron chi connectivity index (χ0n) is 10.9. The highest BCUT2D eigenvalue weighted by Crippen LogP contribution is 2.27. The van der Waals surface area contributed by atoms with Crippen LogP contribution in [0.2, 0.25) is 0 Å². The van der Waals surface area contributed by atoms with Crippen molar-refractivity contribution in [3.8, 4) is 0 Å². The van der Waals surface area contributed by atoms with E-state index in [-0.39, 0.29) is 36.8 Å². The summed E-state index contributed by atoms with van der Waals surface area (Å²) in [7, 11) is 1.84. The zero-order valence-corrected chi connectivity index (χ0v) is 13.4. The molecule has 2 N–H and O–H groups in total. The Morgan fingerprint density at radius 3 is 2.79 bits per heavy atom. The summed E-state index contributed by atoms with van der Waals surface area (Å²) in [4.78, 5) is 18.0. The quantitative estimate of drug-likeness (QED) is 0.925. The van der Waals surface area contributed by atoms with Gasteiger partial charge in [-0.25, -0.2) is 4.98 Å². The maximum atomic E-state index is 12.0. The molecule has 1 aliphatic carbocycles. The van der Waals surface area contributed by atoms with Crippen molar-refractivity contribution in [2.75, 3.05) is 7.05 Å². The molecule has 1 amide bonds. The molecule has 0 aromatic carbocycles. The Balaban J connectivity index is 0.00000162. The van der Waals surface area contributed by atoms with Crippen LogP contribution >= 0.6 is 36.2 Å². The van der Waals surface area contributed by atoms with Gasteiger partial charge in [-0.15, -0.1) is 36.2 Å². The lowest BCUT2D eigenvalue weighted by Gasteiger charge is -2.20. The van der Waals surface area contributed by atoms with E-state index in [0.29, 0.717) is 18.9 Å². The van der Waals surface area contributed by atoms with Crippen molar-refractivity contribution in [3.05, 3.63) is 16.6 Å². The molecule has 0 aliphatic heterocycles. The van der Waals surface area contributed by atoms with Gasteiger partial charge in [-0.1, -0.05) is 6.42 Å². The van der Waals surface area contributed by atoms with Gasteiger partial charge in [0.25, 0.3) is 0 Å². The van der Waals surface area contributed by atoms with Crippen molar-refractivity contribution in [2.45, 2.75) is 38.3 Å². The van der Waals surface area contributed by atoms with Gasteiger partial charge in [0.15, 0.2) is 0 Å². The number of halogens is 2. The summed E-state index contributed by atoms with van der Waals surface area (Å²) in [5.41, 5.74) is 5.98. The molecule has 2 rings (SSSR count). The molecule has 1 aromatic rings. The monoisotopic (exact) mass is 325 g/mol. The molecule has 7 heteroatoms. The second-order valence-electron chi connectivity index (χ2n) is 4.73. The first-order chi connectivity index (χ1) is 8.16. The van der Waals surface area contributed by atoms with Crippen LogP contribution in [-0.4, -0.2) is 28.9 Å². The van der Waals surface area contributed by atoms with Crippen molar-refractivity contribution in [1.29, 1.82) is 0 Å². The van der Waals surface area contributed by atoms with Crippen LogP contribution in [0.1, 0.15) is 30.7 Å². The standard InChI is InChI=1S/C12H19N3OS.2ClH/c1-15(8-11-14-5-6-17-11)12(16)7-9-3-2-4-10(9)13;;/h5-6,9-10H,2-4,7-8,13H2,1H3;2*1H/t9-,10+;;/m0../s1. The number of carbonyl (C=O) groups excluding carboxylic acids is 1. The average Bonchev–Trinajstić information content (AvgIpc) is 2.91. The predicted octanol–water partition coefficient (Wildman–Crippen LogP) is 2.46. The molecule has 4 nitrogen and oxygen atoms in total. The van der Waals surface area contributed by atoms with Gasteiger partial charge in [0, 0.05) is 31.1 Å². The van der Waals surface area contributed by atoms with Gasteiger partial charge in [-0.2, -0.15) is 0 Å². The van der Waals surface area contributed by atoms with Gasteiger partial charge in [0.2, 0.25) is 5.91 Å². The Morgan fingerprint density at radius 1 is 1.53 bits per heavy atom. The molecule has 1 aromatic heterocycles. The van der Waals surface area contributed by atoms with E-state index in [1.165, 1.54) is 0 Å². The Morgan fingerprint density at radius 2 is 2.26 bits per heavy atom. The van der Waals surface area contributed by atoms with Crippen molar-refractivity contribution in [1.82, 2.24) is 9.88 Å². The summed E-state index contributed by atoms with van der Waals surface area (Å²) >= 11 is 1.58. The zero-order chi connectivity index (χ0) is 12.3. The maximum absolute atomic E-state index is 12.0. The van der Waals surface area contributed by atoms with Crippen LogP contribution in [0.5, 0.6) is 0 Å². The summed E-state index contributed by atoms with van der Waals surface area (Å²) in [6.45, 7) is 0.610. The largest absolute Gasteiger partial charge is 0.339 e. The number of nitrogens with zero attached hydrogens (tertiary/aromatic N) is 2. The van der Waals surface area contributed by atoms with E-state index in [1.54, 1.807) is 22.4 Å². The molecule has 0 saturated heterocycles. The smallest absolute Gasteiger partial charge is 0.223 e. The Labute approximate surface area is 130 Å². The summed E-state index contributed by atoms with van der Waals surface area (Å²) in [5.74, 6) is 0.559. The van der Waals surface area contributed by atoms with E-state index < -0.39 is 0 Å². The average molecular weight is 326 g/mol. The third-order valence-corrected chi connectivity index (χ3v) is 4.20. The lowest BCUT2D eigenvalue weighted by Crippen LogP contribution is -2.32. The predicted molar refractivity (Wildman–Crippen MR) is 83.0 cm³/mol. The summed E-state index contributed by atoms with van der Waals surface area (Å²) < 4.78 is 0. The van der Waals surface area contributed by atoms with Crippen LogP contribution in [0.15, 0.2) is 11.6 Å². The minimum atomic E-state index is 0.